The highest BCUT2D eigenvalue weighted by molar-refractivity contribution is 5.40. The minimum absolute atomic E-state index is 0.0354. The Kier molecular flexibility index (Phi) is 4.96. The number of rotatable bonds is 6. The Labute approximate surface area is 169 Å². The van der Waals surface area contributed by atoms with Gasteiger partial charge in [0.2, 0.25) is 0 Å². The molecule has 0 saturated heterocycles. The van der Waals surface area contributed by atoms with Gasteiger partial charge in [-0.2, -0.15) is 0 Å². The third-order valence-corrected chi connectivity index (χ3v) is 8.10. The molecule has 1 aromatic rings. The summed E-state index contributed by atoms with van der Waals surface area (Å²) in [7, 11) is 1.68. The molecule has 2 bridgehead atoms. The van der Waals surface area contributed by atoms with E-state index in [-0.39, 0.29) is 16.9 Å². The van der Waals surface area contributed by atoms with Crippen LogP contribution in [0.2, 0.25) is 0 Å². The molecular weight excluding hydrogens is 348 g/mol. The normalized spacial score (nSPS) is 36.2. The van der Waals surface area contributed by atoms with Crippen LogP contribution in [-0.2, 0) is 11.3 Å². The van der Waals surface area contributed by atoms with Crippen LogP contribution in [0.3, 0.4) is 0 Å². The summed E-state index contributed by atoms with van der Waals surface area (Å²) in [5.41, 5.74) is 0.987. The number of methoxy groups -OCH3 is 1. The van der Waals surface area contributed by atoms with E-state index in [2.05, 4.69) is 32.6 Å². The van der Waals surface area contributed by atoms with Crippen LogP contribution in [0, 0.1) is 16.7 Å². The third kappa shape index (κ3) is 2.55. The summed E-state index contributed by atoms with van der Waals surface area (Å²) in [5.74, 6) is 1.18. The van der Waals surface area contributed by atoms with Crippen molar-refractivity contribution in [2.45, 2.75) is 70.7 Å². The second kappa shape index (κ2) is 7.03. The van der Waals surface area contributed by atoms with E-state index in [4.69, 9.17) is 9.47 Å². The monoisotopic (exact) mass is 382 g/mol. The molecule has 0 spiro atoms. The molecule has 1 N–H and O–H groups in total. The van der Waals surface area contributed by atoms with Crippen molar-refractivity contribution < 1.29 is 14.6 Å². The summed E-state index contributed by atoms with van der Waals surface area (Å²) in [6.07, 6.45) is 10.6. The zero-order valence-corrected chi connectivity index (χ0v) is 17.5. The van der Waals surface area contributed by atoms with Gasteiger partial charge in [-0.3, -0.25) is 0 Å². The molecule has 0 amide bonds. The average molecular weight is 383 g/mol. The molecule has 2 saturated carbocycles. The lowest BCUT2D eigenvalue weighted by Gasteiger charge is -2.50. The fraction of sp³-hybridized carbons (Fsp3) is 0.600. The van der Waals surface area contributed by atoms with Crippen LogP contribution in [0.25, 0.3) is 0 Å². The third-order valence-electron chi connectivity index (χ3n) is 8.10. The Balaban J connectivity index is 1.67. The molecule has 152 valence electrons. The molecule has 0 aliphatic heterocycles. The lowest BCUT2D eigenvalue weighted by molar-refractivity contribution is -0.142. The zero-order valence-electron chi connectivity index (χ0n) is 17.5. The van der Waals surface area contributed by atoms with Crippen molar-refractivity contribution in [3.63, 3.8) is 0 Å². The fourth-order valence-electron chi connectivity index (χ4n) is 6.47. The summed E-state index contributed by atoms with van der Waals surface area (Å²) in [4.78, 5) is 0. The molecule has 0 heterocycles. The molecule has 4 rings (SSSR count). The van der Waals surface area contributed by atoms with Gasteiger partial charge >= 0.3 is 0 Å². The Bertz CT molecular complexity index is 763. The minimum Gasteiger partial charge on any atom is -0.497 e. The topological polar surface area (TPSA) is 38.7 Å². The van der Waals surface area contributed by atoms with Gasteiger partial charge in [-0.15, -0.1) is 6.58 Å². The first kappa shape index (κ1) is 19.7. The number of allylic oxidation sites excluding steroid dienone is 1. The van der Waals surface area contributed by atoms with Gasteiger partial charge < -0.3 is 14.6 Å². The predicted molar refractivity (Wildman–Crippen MR) is 112 cm³/mol. The molecular formula is C25H34O3. The highest BCUT2D eigenvalue weighted by Crippen LogP contribution is 2.73. The number of benzene rings is 1. The fourth-order valence-corrected chi connectivity index (χ4v) is 6.47. The van der Waals surface area contributed by atoms with Crippen molar-refractivity contribution in [1.82, 2.24) is 0 Å². The maximum atomic E-state index is 12.3. The zero-order chi connectivity index (χ0) is 20.0. The van der Waals surface area contributed by atoms with Crippen molar-refractivity contribution in [3.8, 4) is 5.75 Å². The van der Waals surface area contributed by atoms with E-state index in [0.29, 0.717) is 12.5 Å². The summed E-state index contributed by atoms with van der Waals surface area (Å²) >= 11 is 0. The largest absolute Gasteiger partial charge is 0.497 e. The van der Waals surface area contributed by atoms with E-state index in [9.17, 15) is 5.11 Å². The first-order chi connectivity index (χ1) is 13.4. The van der Waals surface area contributed by atoms with Crippen LogP contribution in [0.15, 0.2) is 48.6 Å². The molecule has 0 unspecified atom stereocenters. The molecule has 1 aromatic carbocycles. The molecule has 3 heteroatoms. The summed E-state index contributed by atoms with van der Waals surface area (Å²) in [6, 6.07) is 8.01. The standard InChI is InChI=1S/C25H34O3/c1-5-24-16-15-21(23(24,2)3)22(25(24,26)19-9-7-6-8-10-19)28-17-18-11-13-20(27-4)14-12-18/h5,9,11-14,21-22,26H,1,6-8,10,15-17H2,2-4H3/t21-,22+,24-,25+/m0/s1. The summed E-state index contributed by atoms with van der Waals surface area (Å²) in [6.45, 7) is 9.32. The van der Waals surface area contributed by atoms with E-state index < -0.39 is 5.60 Å². The van der Waals surface area contributed by atoms with E-state index in [1.165, 1.54) is 12.0 Å². The van der Waals surface area contributed by atoms with Crippen LogP contribution in [-0.4, -0.2) is 23.9 Å². The second-order valence-electron chi connectivity index (χ2n) is 9.36. The van der Waals surface area contributed by atoms with Gasteiger partial charge in [0.15, 0.2) is 0 Å². The summed E-state index contributed by atoms with van der Waals surface area (Å²) < 4.78 is 11.8. The Morgan fingerprint density at radius 2 is 1.96 bits per heavy atom. The Morgan fingerprint density at radius 1 is 1.21 bits per heavy atom. The molecule has 0 aromatic heterocycles. The number of aliphatic hydroxyl groups is 1. The number of hydrogen-bond donors (Lipinski definition) is 1. The van der Waals surface area contributed by atoms with Crippen LogP contribution in [0.4, 0.5) is 0 Å². The molecule has 2 fully saturated rings. The SMILES string of the molecule is C=C[C@@]12CC[C@@H]([C@@H](OCc3ccc(OC)cc3)[C@]1(O)C1=CCCCC1)C2(C)C. The van der Waals surface area contributed by atoms with E-state index in [1.807, 2.05) is 24.3 Å². The number of fused-ring (bicyclic) bond motifs is 2. The highest BCUT2D eigenvalue weighted by Gasteiger charge is 2.75. The van der Waals surface area contributed by atoms with Crippen molar-refractivity contribution in [2.24, 2.45) is 16.7 Å². The van der Waals surface area contributed by atoms with Gasteiger partial charge in [0.05, 0.1) is 19.8 Å². The van der Waals surface area contributed by atoms with E-state index in [1.54, 1.807) is 7.11 Å². The average Bonchev–Trinajstić information content (AvgIpc) is 3.07. The lowest BCUT2D eigenvalue weighted by Crippen LogP contribution is -2.56. The Morgan fingerprint density at radius 3 is 2.57 bits per heavy atom. The van der Waals surface area contributed by atoms with Crippen molar-refractivity contribution >= 4 is 0 Å². The van der Waals surface area contributed by atoms with Gasteiger partial charge in [0, 0.05) is 5.41 Å². The maximum absolute atomic E-state index is 12.3. The summed E-state index contributed by atoms with van der Waals surface area (Å²) in [5, 5.41) is 12.3. The second-order valence-corrected chi connectivity index (χ2v) is 9.36. The predicted octanol–water partition coefficient (Wildman–Crippen LogP) is 5.43. The van der Waals surface area contributed by atoms with Crippen molar-refractivity contribution in [1.29, 1.82) is 0 Å². The van der Waals surface area contributed by atoms with Crippen LogP contribution in [0.5, 0.6) is 5.75 Å². The van der Waals surface area contributed by atoms with Gasteiger partial charge in [0.25, 0.3) is 0 Å². The number of hydrogen-bond acceptors (Lipinski definition) is 3. The smallest absolute Gasteiger partial charge is 0.121 e. The molecule has 3 nitrogen and oxygen atoms in total. The Hall–Kier alpha value is -1.58. The molecule has 0 radical (unpaired) electrons. The molecule has 28 heavy (non-hydrogen) atoms. The van der Waals surface area contributed by atoms with E-state index >= 15 is 0 Å². The van der Waals surface area contributed by atoms with E-state index in [0.717, 1.165) is 43.4 Å². The van der Waals surface area contributed by atoms with Gasteiger partial charge in [0.1, 0.15) is 11.4 Å². The van der Waals surface area contributed by atoms with Gasteiger partial charge in [-0.05, 0) is 73.1 Å². The highest BCUT2D eigenvalue weighted by atomic mass is 16.5. The first-order valence-corrected chi connectivity index (χ1v) is 10.7. The van der Waals surface area contributed by atoms with Gasteiger partial charge in [-0.1, -0.05) is 38.1 Å². The van der Waals surface area contributed by atoms with Crippen LogP contribution in [0.1, 0.15) is 57.9 Å². The lowest BCUT2D eigenvalue weighted by atomic mass is 9.59. The van der Waals surface area contributed by atoms with Crippen LogP contribution >= 0.6 is 0 Å². The van der Waals surface area contributed by atoms with Crippen molar-refractivity contribution in [2.75, 3.05) is 7.11 Å². The van der Waals surface area contributed by atoms with Gasteiger partial charge in [-0.25, -0.2) is 0 Å². The van der Waals surface area contributed by atoms with Crippen molar-refractivity contribution in [3.05, 3.63) is 54.1 Å². The molecule has 3 aliphatic rings. The molecule has 3 aliphatic carbocycles. The quantitative estimate of drug-likeness (QED) is 0.666. The number of ether oxygens (including phenoxy) is 2. The minimum atomic E-state index is -0.950. The molecule has 4 atom stereocenters. The first-order valence-electron chi connectivity index (χ1n) is 10.7. The van der Waals surface area contributed by atoms with Crippen LogP contribution < -0.4 is 4.74 Å². The maximum Gasteiger partial charge on any atom is 0.121 e.